The van der Waals surface area contributed by atoms with Crippen molar-refractivity contribution in [2.24, 2.45) is 5.92 Å². The van der Waals surface area contributed by atoms with Gasteiger partial charge >= 0.3 is 0 Å². The Kier molecular flexibility index (Phi) is 6.25. The van der Waals surface area contributed by atoms with Crippen molar-refractivity contribution in [1.29, 1.82) is 0 Å². The zero-order valence-corrected chi connectivity index (χ0v) is 13.1. The van der Waals surface area contributed by atoms with E-state index in [1.165, 1.54) is 49.0 Å². The lowest BCUT2D eigenvalue weighted by Crippen LogP contribution is -2.24. The molecule has 1 aliphatic rings. The van der Waals surface area contributed by atoms with Gasteiger partial charge in [0, 0.05) is 10.9 Å². The molecule has 0 bridgehead atoms. The third kappa shape index (κ3) is 4.25. The van der Waals surface area contributed by atoms with E-state index in [2.05, 4.69) is 42.8 Å². The quantitative estimate of drug-likeness (QED) is 0.702. The largest absolute Gasteiger partial charge is 0.310 e. The minimum atomic E-state index is 0.548. The molecule has 1 N–H and O–H groups in total. The molecular weight excluding hydrogens is 250 g/mol. The van der Waals surface area contributed by atoms with Crippen LogP contribution in [0.3, 0.4) is 0 Å². The average molecular weight is 277 g/mol. The van der Waals surface area contributed by atoms with E-state index in [0.29, 0.717) is 6.04 Å². The number of hydrogen-bond donors (Lipinski definition) is 1. The zero-order chi connectivity index (χ0) is 13.5. The first-order valence-corrected chi connectivity index (χ1v) is 8.94. The second-order valence-electron chi connectivity index (χ2n) is 5.63. The Hall–Kier alpha value is -0.470. The maximum absolute atomic E-state index is 3.77. The summed E-state index contributed by atoms with van der Waals surface area (Å²) in [5, 5.41) is 3.77. The van der Waals surface area contributed by atoms with E-state index in [1.54, 1.807) is 0 Å². The molecule has 1 nitrogen and oxygen atoms in total. The molecule has 1 aliphatic carbocycles. The van der Waals surface area contributed by atoms with Crippen molar-refractivity contribution >= 4 is 11.8 Å². The van der Waals surface area contributed by atoms with E-state index < -0.39 is 0 Å². The van der Waals surface area contributed by atoms with Gasteiger partial charge in [-0.25, -0.2) is 0 Å². The SMILES string of the molecule is CCCNC(CC1CCCC1)c1ccccc1SC. The van der Waals surface area contributed by atoms with E-state index >= 15 is 0 Å². The molecule has 0 amide bonds. The fourth-order valence-corrected chi connectivity index (χ4v) is 3.83. The molecule has 2 rings (SSSR count). The van der Waals surface area contributed by atoms with Crippen LogP contribution in [0, 0.1) is 5.92 Å². The van der Waals surface area contributed by atoms with Crippen molar-refractivity contribution < 1.29 is 0 Å². The van der Waals surface area contributed by atoms with E-state index in [-0.39, 0.29) is 0 Å². The van der Waals surface area contributed by atoms with Crippen LogP contribution < -0.4 is 5.32 Å². The smallest absolute Gasteiger partial charge is 0.0333 e. The minimum Gasteiger partial charge on any atom is -0.310 e. The summed E-state index contributed by atoms with van der Waals surface area (Å²) in [6.45, 7) is 3.38. The molecule has 1 atom stereocenters. The van der Waals surface area contributed by atoms with Crippen LogP contribution >= 0.6 is 11.8 Å². The van der Waals surface area contributed by atoms with Crippen molar-refractivity contribution in [3.05, 3.63) is 29.8 Å². The molecular formula is C17H27NS. The van der Waals surface area contributed by atoms with Gasteiger partial charge in [0.05, 0.1) is 0 Å². The standard InChI is InChI=1S/C17H27NS/c1-3-12-18-16(13-14-8-4-5-9-14)15-10-6-7-11-17(15)19-2/h6-7,10-11,14,16,18H,3-5,8-9,12-13H2,1-2H3. The third-order valence-corrected chi connectivity index (χ3v) is 5.01. The molecule has 0 radical (unpaired) electrons. The summed E-state index contributed by atoms with van der Waals surface area (Å²) in [7, 11) is 0. The Bertz CT molecular complexity index is 371. The Labute approximate surface area is 122 Å². The molecule has 1 aromatic rings. The zero-order valence-electron chi connectivity index (χ0n) is 12.3. The summed E-state index contributed by atoms with van der Waals surface area (Å²) in [5.74, 6) is 0.935. The molecule has 106 valence electrons. The molecule has 1 unspecified atom stereocenters. The van der Waals surface area contributed by atoms with Gasteiger partial charge in [0.2, 0.25) is 0 Å². The van der Waals surface area contributed by atoms with Crippen LogP contribution in [0.25, 0.3) is 0 Å². The Morgan fingerprint density at radius 3 is 2.68 bits per heavy atom. The summed E-state index contributed by atoms with van der Waals surface area (Å²) in [5.41, 5.74) is 1.51. The highest BCUT2D eigenvalue weighted by atomic mass is 32.2. The van der Waals surface area contributed by atoms with Crippen molar-refractivity contribution in [3.8, 4) is 0 Å². The van der Waals surface area contributed by atoms with Gasteiger partial charge in [0.25, 0.3) is 0 Å². The predicted octanol–water partition coefficient (Wildman–Crippen LogP) is 5.03. The van der Waals surface area contributed by atoms with Crippen molar-refractivity contribution in [1.82, 2.24) is 5.32 Å². The lowest BCUT2D eigenvalue weighted by atomic mass is 9.93. The lowest BCUT2D eigenvalue weighted by molar-refractivity contribution is 0.392. The number of thioether (sulfide) groups is 1. The van der Waals surface area contributed by atoms with Crippen LogP contribution in [0.1, 0.15) is 57.1 Å². The number of hydrogen-bond acceptors (Lipinski definition) is 2. The molecule has 19 heavy (non-hydrogen) atoms. The minimum absolute atomic E-state index is 0.548. The number of rotatable bonds is 7. The first-order valence-electron chi connectivity index (χ1n) is 7.71. The predicted molar refractivity (Wildman–Crippen MR) is 85.8 cm³/mol. The van der Waals surface area contributed by atoms with Crippen LogP contribution in [0.5, 0.6) is 0 Å². The fraction of sp³-hybridized carbons (Fsp3) is 0.647. The van der Waals surface area contributed by atoms with Gasteiger partial charge in [0.15, 0.2) is 0 Å². The van der Waals surface area contributed by atoms with Crippen LogP contribution in [-0.2, 0) is 0 Å². The molecule has 1 aromatic carbocycles. The Morgan fingerprint density at radius 1 is 1.26 bits per heavy atom. The fourth-order valence-electron chi connectivity index (χ4n) is 3.17. The normalized spacial score (nSPS) is 17.8. The van der Waals surface area contributed by atoms with Crippen molar-refractivity contribution in [3.63, 3.8) is 0 Å². The van der Waals surface area contributed by atoms with Gasteiger partial charge < -0.3 is 5.32 Å². The highest BCUT2D eigenvalue weighted by Gasteiger charge is 2.22. The van der Waals surface area contributed by atoms with Gasteiger partial charge in [-0.15, -0.1) is 11.8 Å². The average Bonchev–Trinajstić information content (AvgIpc) is 2.96. The summed E-state index contributed by atoms with van der Waals surface area (Å²) in [6.07, 6.45) is 10.5. The van der Waals surface area contributed by atoms with Gasteiger partial charge in [-0.2, -0.15) is 0 Å². The van der Waals surface area contributed by atoms with Crippen LogP contribution in [0.2, 0.25) is 0 Å². The molecule has 0 heterocycles. The van der Waals surface area contributed by atoms with E-state index in [4.69, 9.17) is 0 Å². The Balaban J connectivity index is 2.10. The first kappa shape index (κ1) is 14.9. The number of nitrogens with one attached hydrogen (secondary N) is 1. The molecule has 1 fully saturated rings. The highest BCUT2D eigenvalue weighted by Crippen LogP contribution is 2.35. The highest BCUT2D eigenvalue weighted by molar-refractivity contribution is 7.98. The molecule has 0 saturated heterocycles. The maximum atomic E-state index is 3.77. The topological polar surface area (TPSA) is 12.0 Å². The van der Waals surface area contributed by atoms with E-state index in [1.807, 2.05) is 11.8 Å². The molecule has 1 saturated carbocycles. The van der Waals surface area contributed by atoms with Gasteiger partial charge in [-0.3, -0.25) is 0 Å². The second-order valence-corrected chi connectivity index (χ2v) is 6.48. The monoisotopic (exact) mass is 277 g/mol. The summed E-state index contributed by atoms with van der Waals surface area (Å²) in [6, 6.07) is 9.46. The third-order valence-electron chi connectivity index (χ3n) is 4.20. The van der Waals surface area contributed by atoms with E-state index in [0.717, 1.165) is 12.5 Å². The molecule has 0 aromatic heterocycles. The van der Waals surface area contributed by atoms with Crippen molar-refractivity contribution in [2.45, 2.75) is 56.4 Å². The van der Waals surface area contributed by atoms with Crippen LogP contribution in [0.15, 0.2) is 29.2 Å². The Morgan fingerprint density at radius 2 is 2.00 bits per heavy atom. The number of benzene rings is 1. The molecule has 2 heteroatoms. The molecule has 0 spiro atoms. The summed E-state index contributed by atoms with van der Waals surface area (Å²) >= 11 is 1.88. The summed E-state index contributed by atoms with van der Waals surface area (Å²) in [4.78, 5) is 1.44. The van der Waals surface area contributed by atoms with Gasteiger partial charge in [-0.1, -0.05) is 50.8 Å². The molecule has 0 aliphatic heterocycles. The second kappa shape index (κ2) is 7.96. The van der Waals surface area contributed by atoms with Crippen molar-refractivity contribution in [2.75, 3.05) is 12.8 Å². The lowest BCUT2D eigenvalue weighted by Gasteiger charge is -2.24. The van der Waals surface area contributed by atoms with E-state index in [9.17, 15) is 0 Å². The van der Waals surface area contributed by atoms with Gasteiger partial charge in [0.1, 0.15) is 0 Å². The summed E-state index contributed by atoms with van der Waals surface area (Å²) < 4.78 is 0. The first-order chi connectivity index (χ1) is 9.35. The maximum Gasteiger partial charge on any atom is 0.0333 e. The van der Waals surface area contributed by atoms with Crippen LogP contribution in [0.4, 0.5) is 0 Å². The van der Waals surface area contributed by atoms with Gasteiger partial charge in [-0.05, 0) is 43.2 Å². The van der Waals surface area contributed by atoms with Crippen LogP contribution in [-0.4, -0.2) is 12.8 Å².